The van der Waals surface area contributed by atoms with Gasteiger partial charge in [0.05, 0.1) is 17.2 Å². The molecule has 1 N–H and O–H groups in total. The van der Waals surface area contributed by atoms with E-state index in [0.717, 1.165) is 6.07 Å². The number of rotatable bonds is 3. The van der Waals surface area contributed by atoms with Crippen molar-refractivity contribution in [1.29, 1.82) is 0 Å². The molecule has 0 aliphatic carbocycles. The van der Waals surface area contributed by atoms with Crippen LogP contribution in [-0.2, 0) is 12.4 Å². The first-order valence-electron chi connectivity index (χ1n) is 7.00. The Morgan fingerprint density at radius 2 is 1.62 bits per heavy atom. The summed E-state index contributed by atoms with van der Waals surface area (Å²) in [4.78, 5) is 1.77. The molecule has 1 aromatic rings. The van der Waals surface area contributed by atoms with Crippen LogP contribution in [0.15, 0.2) is 30.9 Å². The van der Waals surface area contributed by atoms with Gasteiger partial charge in [-0.3, -0.25) is 4.90 Å². The van der Waals surface area contributed by atoms with Crippen LogP contribution in [0.3, 0.4) is 0 Å². The van der Waals surface area contributed by atoms with Crippen LogP contribution >= 0.6 is 12.4 Å². The molecule has 0 unspecified atom stereocenters. The minimum Gasteiger partial charge on any atom is -0.314 e. The Balaban J connectivity index is 0.00000288. The van der Waals surface area contributed by atoms with Crippen LogP contribution in [0.4, 0.5) is 26.3 Å². The normalized spacial score (nSPS) is 17.9. The molecule has 0 aromatic heterocycles. The maximum absolute atomic E-state index is 13.2. The molecule has 1 atom stereocenters. The lowest BCUT2D eigenvalue weighted by molar-refractivity contribution is -0.143. The van der Waals surface area contributed by atoms with E-state index in [2.05, 4.69) is 11.9 Å². The Morgan fingerprint density at radius 3 is 2.08 bits per heavy atom. The highest BCUT2D eigenvalue weighted by Crippen LogP contribution is 2.40. The second-order valence-electron chi connectivity index (χ2n) is 5.26. The SMILES string of the molecule is C=C[C@@H](c1ccc(C(F)(F)F)cc1C(F)(F)F)N1CCNCC1.Cl. The van der Waals surface area contributed by atoms with Gasteiger partial charge in [0.15, 0.2) is 0 Å². The number of alkyl halides is 6. The molecule has 1 aliphatic heterocycles. The maximum atomic E-state index is 13.2. The summed E-state index contributed by atoms with van der Waals surface area (Å²) in [7, 11) is 0. The number of nitrogens with one attached hydrogen (secondary N) is 1. The van der Waals surface area contributed by atoms with E-state index in [0.29, 0.717) is 32.2 Å². The van der Waals surface area contributed by atoms with E-state index in [1.807, 2.05) is 0 Å². The van der Waals surface area contributed by atoms with E-state index in [1.54, 1.807) is 4.90 Å². The van der Waals surface area contributed by atoms with Crippen molar-refractivity contribution < 1.29 is 26.3 Å². The summed E-state index contributed by atoms with van der Waals surface area (Å²) >= 11 is 0. The smallest absolute Gasteiger partial charge is 0.314 e. The summed E-state index contributed by atoms with van der Waals surface area (Å²) in [6, 6.07) is 0.980. The first-order valence-corrected chi connectivity index (χ1v) is 7.00. The van der Waals surface area contributed by atoms with Gasteiger partial charge in [-0.2, -0.15) is 26.3 Å². The molecule has 1 fully saturated rings. The van der Waals surface area contributed by atoms with Crippen molar-refractivity contribution in [1.82, 2.24) is 10.2 Å². The zero-order valence-corrected chi connectivity index (χ0v) is 13.4. The number of hydrogen-bond acceptors (Lipinski definition) is 2. The lowest BCUT2D eigenvalue weighted by atomic mass is 9.95. The summed E-state index contributed by atoms with van der Waals surface area (Å²) in [5.41, 5.74) is -2.78. The second-order valence-corrected chi connectivity index (χ2v) is 5.26. The van der Waals surface area contributed by atoms with Gasteiger partial charge >= 0.3 is 12.4 Å². The van der Waals surface area contributed by atoms with Gasteiger partial charge in [0, 0.05) is 26.2 Å². The van der Waals surface area contributed by atoms with E-state index in [9.17, 15) is 26.3 Å². The fourth-order valence-corrected chi connectivity index (χ4v) is 2.67. The van der Waals surface area contributed by atoms with E-state index < -0.39 is 29.5 Å². The van der Waals surface area contributed by atoms with Crippen LogP contribution in [0.25, 0.3) is 0 Å². The highest BCUT2D eigenvalue weighted by molar-refractivity contribution is 5.85. The van der Waals surface area contributed by atoms with E-state index in [4.69, 9.17) is 0 Å². The zero-order chi connectivity index (χ0) is 17.3. The Bertz CT molecular complexity index is 564. The summed E-state index contributed by atoms with van der Waals surface area (Å²) in [5, 5.41) is 3.07. The zero-order valence-electron chi connectivity index (χ0n) is 12.5. The van der Waals surface area contributed by atoms with Crippen molar-refractivity contribution in [2.75, 3.05) is 26.2 Å². The van der Waals surface area contributed by atoms with E-state index >= 15 is 0 Å². The van der Waals surface area contributed by atoms with E-state index in [1.165, 1.54) is 6.08 Å². The largest absolute Gasteiger partial charge is 0.416 e. The summed E-state index contributed by atoms with van der Waals surface area (Å²) in [6.07, 6.45) is -8.35. The molecular weight excluding hydrogens is 358 g/mol. The second kappa shape index (κ2) is 7.76. The topological polar surface area (TPSA) is 15.3 Å². The standard InChI is InChI=1S/C15H16F6N2.ClH/c1-2-13(23-7-5-22-6-8-23)11-4-3-10(14(16,17)18)9-12(11)15(19,20)21;/h2-4,9,13,22H,1,5-8H2;1H/t13-;/m0./s1. The molecule has 0 bridgehead atoms. The van der Waals surface area contributed by atoms with Crippen molar-refractivity contribution in [3.8, 4) is 0 Å². The number of benzene rings is 1. The number of hydrogen-bond donors (Lipinski definition) is 1. The first-order chi connectivity index (χ1) is 10.6. The Labute approximate surface area is 141 Å². The van der Waals surface area contributed by atoms with Gasteiger partial charge in [0.1, 0.15) is 0 Å². The van der Waals surface area contributed by atoms with Gasteiger partial charge in [0.25, 0.3) is 0 Å². The Kier molecular flexibility index (Phi) is 6.72. The third kappa shape index (κ3) is 4.64. The van der Waals surface area contributed by atoms with Gasteiger partial charge < -0.3 is 5.32 Å². The molecule has 24 heavy (non-hydrogen) atoms. The molecule has 9 heteroatoms. The minimum atomic E-state index is -4.87. The average Bonchev–Trinajstić information content (AvgIpc) is 2.47. The van der Waals surface area contributed by atoms with Crippen LogP contribution in [-0.4, -0.2) is 31.1 Å². The Hall–Kier alpha value is -1.25. The molecule has 2 nitrogen and oxygen atoms in total. The third-order valence-electron chi connectivity index (χ3n) is 3.77. The van der Waals surface area contributed by atoms with Crippen LogP contribution < -0.4 is 5.32 Å². The van der Waals surface area contributed by atoms with Crippen molar-refractivity contribution in [3.63, 3.8) is 0 Å². The molecule has 0 saturated carbocycles. The van der Waals surface area contributed by atoms with Crippen molar-refractivity contribution >= 4 is 12.4 Å². The molecule has 1 aromatic carbocycles. The van der Waals surface area contributed by atoms with Crippen molar-refractivity contribution in [2.24, 2.45) is 0 Å². The lowest BCUT2D eigenvalue weighted by Crippen LogP contribution is -2.45. The first kappa shape index (κ1) is 20.8. The quantitative estimate of drug-likeness (QED) is 0.627. The van der Waals surface area contributed by atoms with Crippen LogP contribution in [0.1, 0.15) is 22.7 Å². The molecule has 1 saturated heterocycles. The predicted molar refractivity (Wildman–Crippen MR) is 81.1 cm³/mol. The third-order valence-corrected chi connectivity index (χ3v) is 3.77. The monoisotopic (exact) mass is 374 g/mol. The van der Waals surface area contributed by atoms with Crippen LogP contribution in [0.2, 0.25) is 0 Å². The highest BCUT2D eigenvalue weighted by Gasteiger charge is 2.39. The van der Waals surface area contributed by atoms with Gasteiger partial charge in [-0.15, -0.1) is 19.0 Å². The fourth-order valence-electron chi connectivity index (χ4n) is 2.67. The van der Waals surface area contributed by atoms with Crippen molar-refractivity contribution in [3.05, 3.63) is 47.5 Å². The molecule has 1 aliphatic rings. The summed E-state index contributed by atoms with van der Waals surface area (Å²) in [5.74, 6) is 0. The van der Waals surface area contributed by atoms with Crippen LogP contribution in [0, 0.1) is 0 Å². The number of nitrogens with zero attached hydrogens (tertiary/aromatic N) is 1. The van der Waals surface area contributed by atoms with Gasteiger partial charge in [0.2, 0.25) is 0 Å². The summed E-state index contributed by atoms with van der Waals surface area (Å²) in [6.45, 7) is 5.75. The average molecular weight is 375 g/mol. The van der Waals surface area contributed by atoms with Gasteiger partial charge in [-0.25, -0.2) is 0 Å². The minimum absolute atomic E-state index is 0. The van der Waals surface area contributed by atoms with Crippen molar-refractivity contribution in [2.45, 2.75) is 18.4 Å². The van der Waals surface area contributed by atoms with Crippen LogP contribution in [0.5, 0.6) is 0 Å². The fraction of sp³-hybridized carbons (Fsp3) is 0.467. The maximum Gasteiger partial charge on any atom is 0.416 e. The summed E-state index contributed by atoms with van der Waals surface area (Å²) < 4.78 is 77.9. The number of halogens is 7. The number of piperazine rings is 1. The molecule has 1 heterocycles. The molecule has 0 amide bonds. The Morgan fingerprint density at radius 1 is 1.04 bits per heavy atom. The molecule has 0 spiro atoms. The van der Waals surface area contributed by atoms with E-state index in [-0.39, 0.29) is 24.0 Å². The highest BCUT2D eigenvalue weighted by atomic mass is 35.5. The molecular formula is C15H17ClF6N2. The molecule has 136 valence electrons. The lowest BCUT2D eigenvalue weighted by Gasteiger charge is -2.34. The molecule has 2 rings (SSSR count). The predicted octanol–water partition coefficient (Wildman–Crippen LogP) is 4.28. The van der Waals surface area contributed by atoms with Gasteiger partial charge in [-0.05, 0) is 17.7 Å². The molecule has 0 radical (unpaired) electrons. The van der Waals surface area contributed by atoms with Gasteiger partial charge in [-0.1, -0.05) is 12.1 Å².